The van der Waals surface area contributed by atoms with Crippen LogP contribution in [0.25, 0.3) is 0 Å². The number of hydrogen-bond acceptors (Lipinski definition) is 3. The predicted molar refractivity (Wildman–Crippen MR) is 35.1 cm³/mol. The van der Waals surface area contributed by atoms with Crippen LogP contribution in [0.5, 0.6) is 0 Å². The van der Waals surface area contributed by atoms with Crippen LogP contribution in [0.4, 0.5) is 13.2 Å². The van der Waals surface area contributed by atoms with Crippen molar-refractivity contribution in [2.75, 3.05) is 0 Å². The predicted octanol–water partition coefficient (Wildman–Crippen LogP) is 0.779. The average molecular weight is 199 g/mol. The van der Waals surface area contributed by atoms with Gasteiger partial charge in [-0.15, -0.1) is 0 Å². The fraction of sp³-hybridized carbons (Fsp3) is 0.667. The number of carbonyl (C=O) groups is 2. The first-order chi connectivity index (χ1) is 5.75. The number of hydrogen-bond donors (Lipinski definition) is 1. The van der Waals surface area contributed by atoms with Gasteiger partial charge < -0.3 is 4.84 Å². The van der Waals surface area contributed by atoms with Crippen LogP contribution in [0.1, 0.15) is 13.8 Å². The summed E-state index contributed by atoms with van der Waals surface area (Å²) in [4.78, 5) is 24.1. The molecule has 0 aliphatic heterocycles. The molecule has 0 saturated heterocycles. The van der Waals surface area contributed by atoms with Gasteiger partial charge in [0, 0.05) is 5.92 Å². The molecule has 0 aliphatic rings. The molecule has 1 amide bonds. The second kappa shape index (κ2) is 4.11. The largest absolute Gasteiger partial charge is 0.493 e. The van der Waals surface area contributed by atoms with Gasteiger partial charge in [0.2, 0.25) is 0 Å². The lowest BCUT2D eigenvalue weighted by molar-refractivity contribution is -0.207. The molecule has 7 heteroatoms. The van der Waals surface area contributed by atoms with E-state index >= 15 is 0 Å². The molecule has 0 unspecified atom stereocenters. The Hall–Kier alpha value is -1.27. The number of amides is 1. The number of carbonyl (C=O) groups excluding carboxylic acids is 2. The molecule has 0 aromatic rings. The van der Waals surface area contributed by atoms with E-state index in [1.54, 1.807) is 0 Å². The molecule has 0 fully saturated rings. The van der Waals surface area contributed by atoms with Gasteiger partial charge >= 0.3 is 12.1 Å². The van der Waals surface area contributed by atoms with Gasteiger partial charge in [0.15, 0.2) is 0 Å². The lowest BCUT2D eigenvalue weighted by atomic mass is 10.2. The Morgan fingerprint density at radius 1 is 1.31 bits per heavy atom. The van der Waals surface area contributed by atoms with Gasteiger partial charge in [0.25, 0.3) is 5.91 Å². The van der Waals surface area contributed by atoms with Crippen molar-refractivity contribution >= 4 is 11.9 Å². The minimum absolute atomic E-state index is 0.555. The zero-order chi connectivity index (χ0) is 10.6. The Labute approximate surface area is 72.0 Å². The minimum Gasteiger partial charge on any atom is -0.332 e. The molecule has 0 aromatic carbocycles. The van der Waals surface area contributed by atoms with Crippen molar-refractivity contribution in [3.63, 3.8) is 0 Å². The van der Waals surface area contributed by atoms with Crippen LogP contribution in [-0.2, 0) is 14.4 Å². The highest BCUT2D eigenvalue weighted by atomic mass is 19.4. The summed E-state index contributed by atoms with van der Waals surface area (Å²) in [5.74, 6) is -3.79. The van der Waals surface area contributed by atoms with E-state index in [0.717, 1.165) is 0 Å². The summed E-state index contributed by atoms with van der Waals surface area (Å²) < 4.78 is 34.4. The van der Waals surface area contributed by atoms with Crippen molar-refractivity contribution in [3.8, 4) is 0 Å². The van der Waals surface area contributed by atoms with Crippen molar-refractivity contribution in [1.29, 1.82) is 0 Å². The number of rotatable bonds is 1. The second-order valence-electron chi connectivity index (χ2n) is 2.51. The Morgan fingerprint density at radius 3 is 2.08 bits per heavy atom. The third-order valence-corrected chi connectivity index (χ3v) is 1.00. The molecule has 13 heavy (non-hydrogen) atoms. The van der Waals surface area contributed by atoms with Crippen LogP contribution < -0.4 is 5.48 Å². The summed E-state index contributed by atoms with van der Waals surface area (Å²) in [5, 5.41) is 0. The first-order valence-corrected chi connectivity index (χ1v) is 3.33. The molecule has 0 aliphatic carbocycles. The van der Waals surface area contributed by atoms with Gasteiger partial charge in [-0.3, -0.25) is 4.79 Å². The van der Waals surface area contributed by atoms with E-state index < -0.39 is 24.0 Å². The molecule has 76 valence electrons. The number of hydroxylamine groups is 1. The highest BCUT2D eigenvalue weighted by molar-refractivity contribution is 5.81. The van der Waals surface area contributed by atoms with Crippen LogP contribution >= 0.6 is 0 Å². The third kappa shape index (κ3) is 4.34. The average Bonchev–Trinajstić information content (AvgIpc) is 1.97. The molecule has 0 bridgehead atoms. The van der Waals surface area contributed by atoms with Crippen LogP contribution in [-0.4, -0.2) is 18.1 Å². The fourth-order valence-electron chi connectivity index (χ4n) is 0.272. The minimum atomic E-state index is -5.09. The first-order valence-electron chi connectivity index (χ1n) is 3.33. The standard InChI is InChI=1S/C6H8F3NO3/c1-3(2)4(11)10-13-5(12)6(7,8)9/h3H,1-2H3,(H,10,11). The van der Waals surface area contributed by atoms with Gasteiger partial charge in [0.1, 0.15) is 0 Å². The number of alkyl halides is 3. The van der Waals surface area contributed by atoms with Crippen molar-refractivity contribution in [2.45, 2.75) is 20.0 Å². The summed E-state index contributed by atoms with van der Waals surface area (Å²) in [5.41, 5.74) is 1.38. The molecule has 4 nitrogen and oxygen atoms in total. The van der Waals surface area contributed by atoms with Gasteiger partial charge in [-0.1, -0.05) is 13.8 Å². The summed E-state index contributed by atoms with van der Waals surface area (Å²) in [7, 11) is 0. The van der Waals surface area contributed by atoms with Gasteiger partial charge in [-0.05, 0) is 0 Å². The van der Waals surface area contributed by atoms with E-state index in [1.165, 1.54) is 19.3 Å². The van der Waals surface area contributed by atoms with Crippen molar-refractivity contribution in [1.82, 2.24) is 5.48 Å². The Balaban J connectivity index is 3.92. The molecule has 0 radical (unpaired) electrons. The lowest BCUT2D eigenvalue weighted by Gasteiger charge is -2.08. The highest BCUT2D eigenvalue weighted by Crippen LogP contribution is 2.15. The molecule has 0 aromatic heterocycles. The van der Waals surface area contributed by atoms with E-state index in [1.807, 2.05) is 0 Å². The molecular formula is C6H8F3NO3. The van der Waals surface area contributed by atoms with Gasteiger partial charge in [-0.2, -0.15) is 18.7 Å². The van der Waals surface area contributed by atoms with E-state index in [2.05, 4.69) is 4.84 Å². The first kappa shape index (κ1) is 11.7. The maximum atomic E-state index is 11.5. The van der Waals surface area contributed by atoms with Crippen LogP contribution in [0.2, 0.25) is 0 Å². The SMILES string of the molecule is CC(C)C(=O)NOC(=O)C(F)(F)F. The fourth-order valence-corrected chi connectivity index (χ4v) is 0.272. The summed E-state index contributed by atoms with van der Waals surface area (Å²) in [6.45, 7) is 2.88. The third-order valence-electron chi connectivity index (χ3n) is 1.00. The molecular weight excluding hydrogens is 191 g/mol. The van der Waals surface area contributed by atoms with E-state index in [9.17, 15) is 22.8 Å². The number of nitrogens with one attached hydrogen (secondary N) is 1. The van der Waals surface area contributed by atoms with Gasteiger partial charge in [-0.25, -0.2) is 4.79 Å². The molecule has 0 atom stereocenters. The van der Waals surface area contributed by atoms with E-state index in [4.69, 9.17) is 0 Å². The molecule has 0 rings (SSSR count). The smallest absolute Gasteiger partial charge is 0.332 e. The van der Waals surface area contributed by atoms with E-state index in [-0.39, 0.29) is 0 Å². The van der Waals surface area contributed by atoms with E-state index in [0.29, 0.717) is 0 Å². The molecule has 0 saturated carbocycles. The van der Waals surface area contributed by atoms with Crippen LogP contribution in [0.15, 0.2) is 0 Å². The van der Waals surface area contributed by atoms with Crippen LogP contribution in [0, 0.1) is 5.92 Å². The highest BCUT2D eigenvalue weighted by Gasteiger charge is 2.42. The second-order valence-corrected chi connectivity index (χ2v) is 2.51. The Bertz CT molecular complexity index is 212. The number of halogens is 3. The zero-order valence-electron chi connectivity index (χ0n) is 6.94. The molecule has 1 N–H and O–H groups in total. The monoisotopic (exact) mass is 199 g/mol. The topological polar surface area (TPSA) is 55.4 Å². The van der Waals surface area contributed by atoms with Crippen molar-refractivity contribution in [3.05, 3.63) is 0 Å². The lowest BCUT2D eigenvalue weighted by Crippen LogP contribution is -2.36. The van der Waals surface area contributed by atoms with Crippen molar-refractivity contribution in [2.24, 2.45) is 5.92 Å². The molecule has 0 spiro atoms. The van der Waals surface area contributed by atoms with Crippen molar-refractivity contribution < 1.29 is 27.6 Å². The summed E-state index contributed by atoms with van der Waals surface area (Å²) in [6.07, 6.45) is -5.09. The summed E-state index contributed by atoms with van der Waals surface area (Å²) >= 11 is 0. The Morgan fingerprint density at radius 2 is 1.77 bits per heavy atom. The van der Waals surface area contributed by atoms with Crippen LogP contribution in [0.3, 0.4) is 0 Å². The molecule has 0 heterocycles. The zero-order valence-corrected chi connectivity index (χ0v) is 6.94. The maximum Gasteiger partial charge on any atom is 0.493 e. The maximum absolute atomic E-state index is 11.5. The normalized spacial score (nSPS) is 11.2. The summed E-state index contributed by atoms with van der Waals surface area (Å²) in [6, 6.07) is 0. The quantitative estimate of drug-likeness (QED) is 0.635. The Kier molecular flexibility index (Phi) is 3.70. The van der Waals surface area contributed by atoms with Gasteiger partial charge in [0.05, 0.1) is 0 Å².